The highest BCUT2D eigenvalue weighted by atomic mass is 14.8. The van der Waals surface area contributed by atoms with Crippen molar-refractivity contribution in [2.45, 2.75) is 6.92 Å². The van der Waals surface area contributed by atoms with Gasteiger partial charge in [-0.3, -0.25) is 4.99 Å². The maximum absolute atomic E-state index is 3.85. The summed E-state index contributed by atoms with van der Waals surface area (Å²) in [6.45, 7) is 8.27. The molecule has 0 spiro atoms. The lowest BCUT2D eigenvalue weighted by molar-refractivity contribution is 1.46. The highest BCUT2D eigenvalue weighted by molar-refractivity contribution is 5.64. The van der Waals surface area contributed by atoms with Crippen molar-refractivity contribution >= 4 is 13.1 Å². The molecule has 15 heavy (non-hydrogen) atoms. The summed E-state index contributed by atoms with van der Waals surface area (Å²) < 4.78 is 0. The van der Waals surface area contributed by atoms with Crippen LogP contribution < -0.4 is 0 Å². The molecule has 2 heteroatoms. The molecule has 0 saturated heterocycles. The fourth-order valence-corrected chi connectivity index (χ4v) is 0.482. The van der Waals surface area contributed by atoms with Crippen molar-refractivity contribution in [1.29, 1.82) is 0 Å². The summed E-state index contributed by atoms with van der Waals surface area (Å²) in [7, 11) is 0. The summed E-state index contributed by atoms with van der Waals surface area (Å²) in [5, 5.41) is 0. The first-order valence-electron chi connectivity index (χ1n) is 3.91. The number of hydrogen-bond donors (Lipinski definition) is 0. The SMILES string of the molecule is C=C=C=C=C=C(C#CC#CC)N=CN=C. The van der Waals surface area contributed by atoms with Gasteiger partial charge in [0.25, 0.3) is 0 Å². The molecule has 0 amide bonds. The molecule has 0 fully saturated rings. The minimum absolute atomic E-state index is 0.341. The fraction of sp³-hybridized carbons (Fsp3) is 0.0769. The highest BCUT2D eigenvalue weighted by Gasteiger charge is 1.80. The van der Waals surface area contributed by atoms with Gasteiger partial charge >= 0.3 is 0 Å². The van der Waals surface area contributed by atoms with Crippen molar-refractivity contribution in [3.63, 3.8) is 0 Å². The van der Waals surface area contributed by atoms with E-state index < -0.39 is 0 Å². The van der Waals surface area contributed by atoms with Crippen LogP contribution in [0.1, 0.15) is 6.92 Å². The van der Waals surface area contributed by atoms with Gasteiger partial charge in [-0.05, 0) is 55.2 Å². The Hall–Kier alpha value is -2.68. The third-order valence-corrected chi connectivity index (χ3v) is 0.969. The molecule has 0 aromatic rings. The van der Waals surface area contributed by atoms with E-state index in [0.717, 1.165) is 0 Å². The monoisotopic (exact) mass is 192 g/mol. The molecule has 0 aromatic heterocycles. The molecule has 0 heterocycles. The summed E-state index contributed by atoms with van der Waals surface area (Å²) in [5.41, 5.74) is 10.4. The Labute approximate surface area is 89.5 Å². The van der Waals surface area contributed by atoms with Crippen LogP contribution in [0.2, 0.25) is 0 Å². The maximum Gasteiger partial charge on any atom is 0.167 e. The van der Waals surface area contributed by atoms with E-state index in [1.54, 1.807) is 6.92 Å². The molecule has 0 radical (unpaired) electrons. The second-order valence-electron chi connectivity index (χ2n) is 1.95. The first-order valence-corrected chi connectivity index (χ1v) is 3.91. The zero-order valence-electron chi connectivity index (χ0n) is 8.39. The van der Waals surface area contributed by atoms with Gasteiger partial charge in [-0.15, -0.1) is 0 Å². The molecule has 2 nitrogen and oxygen atoms in total. The standard InChI is InChI=1S/C13H8N2/c1-4-6-8-10-13(15-12-14-3)11-9-7-5-2/h12H,1,3H2,2H3. The zero-order valence-corrected chi connectivity index (χ0v) is 8.39. The van der Waals surface area contributed by atoms with Crippen LogP contribution in [0.5, 0.6) is 0 Å². The largest absolute Gasteiger partial charge is 0.253 e. The number of allylic oxidation sites excluding steroid dienone is 1. The fourth-order valence-electron chi connectivity index (χ4n) is 0.482. The van der Waals surface area contributed by atoms with Crippen molar-refractivity contribution in [3.8, 4) is 23.7 Å². The molecule has 0 aromatic carbocycles. The van der Waals surface area contributed by atoms with Gasteiger partial charge in [-0.1, -0.05) is 11.7 Å². The maximum atomic E-state index is 3.85. The first kappa shape index (κ1) is 12.3. The van der Waals surface area contributed by atoms with Crippen LogP contribution in [-0.4, -0.2) is 13.1 Å². The van der Waals surface area contributed by atoms with Crippen LogP contribution >= 0.6 is 0 Å². The number of aliphatic imine (C=N–C) groups is 2. The molecule has 0 atom stereocenters. The van der Waals surface area contributed by atoms with Gasteiger partial charge in [-0.25, -0.2) is 4.99 Å². The normalized spacial score (nSPS) is 6.47. The summed E-state index contributed by atoms with van der Waals surface area (Å²) in [6, 6.07) is 0. The average Bonchev–Trinajstić information content (AvgIpc) is 2.25. The molecule has 0 aliphatic heterocycles. The second-order valence-corrected chi connectivity index (χ2v) is 1.95. The molecule has 0 aliphatic rings. The van der Waals surface area contributed by atoms with Gasteiger partial charge < -0.3 is 0 Å². The van der Waals surface area contributed by atoms with E-state index in [1.165, 1.54) is 6.34 Å². The minimum atomic E-state index is 0.341. The van der Waals surface area contributed by atoms with Crippen LogP contribution in [0.15, 0.2) is 45.2 Å². The Morgan fingerprint density at radius 3 is 2.67 bits per heavy atom. The van der Waals surface area contributed by atoms with E-state index in [2.05, 4.69) is 69.9 Å². The van der Waals surface area contributed by atoms with E-state index in [9.17, 15) is 0 Å². The number of nitrogens with zero attached hydrogens (tertiary/aromatic N) is 2. The van der Waals surface area contributed by atoms with E-state index in [0.29, 0.717) is 5.70 Å². The molecule has 0 bridgehead atoms. The van der Waals surface area contributed by atoms with Crippen LogP contribution in [0, 0.1) is 23.7 Å². The summed E-state index contributed by atoms with van der Waals surface area (Å²) in [6.07, 6.45) is 1.26. The Kier molecular flexibility index (Phi) is 7.73. The zero-order chi connectivity index (χ0) is 11.4. The number of rotatable bonds is 2. The van der Waals surface area contributed by atoms with E-state index >= 15 is 0 Å². The predicted octanol–water partition coefficient (Wildman–Crippen LogP) is 1.88. The first-order chi connectivity index (χ1) is 7.35. The van der Waals surface area contributed by atoms with Crippen molar-refractivity contribution in [2.75, 3.05) is 0 Å². The van der Waals surface area contributed by atoms with Crippen LogP contribution in [-0.2, 0) is 0 Å². The van der Waals surface area contributed by atoms with E-state index in [-0.39, 0.29) is 0 Å². The molecule has 70 valence electrons. The van der Waals surface area contributed by atoms with Gasteiger partial charge in [0.05, 0.1) is 0 Å². The highest BCUT2D eigenvalue weighted by Crippen LogP contribution is 1.89. The van der Waals surface area contributed by atoms with Crippen LogP contribution in [0.25, 0.3) is 0 Å². The molecular formula is C13H8N2. The summed E-state index contributed by atoms with van der Waals surface area (Å²) >= 11 is 0. The lowest BCUT2D eigenvalue weighted by Gasteiger charge is -1.78. The van der Waals surface area contributed by atoms with Crippen molar-refractivity contribution in [3.05, 3.63) is 35.2 Å². The predicted molar refractivity (Wildman–Crippen MR) is 62.5 cm³/mol. The van der Waals surface area contributed by atoms with E-state index in [4.69, 9.17) is 0 Å². The topological polar surface area (TPSA) is 24.7 Å². The molecule has 0 aliphatic carbocycles. The Morgan fingerprint density at radius 2 is 2.07 bits per heavy atom. The van der Waals surface area contributed by atoms with Crippen LogP contribution in [0.3, 0.4) is 0 Å². The Balaban J connectivity index is 5.34. The van der Waals surface area contributed by atoms with Crippen molar-refractivity contribution < 1.29 is 0 Å². The van der Waals surface area contributed by atoms with Crippen molar-refractivity contribution in [2.24, 2.45) is 9.98 Å². The number of hydrogen-bond acceptors (Lipinski definition) is 1. The molecule has 0 unspecified atom stereocenters. The molecule has 0 N–H and O–H groups in total. The van der Waals surface area contributed by atoms with Crippen molar-refractivity contribution in [1.82, 2.24) is 0 Å². The lowest BCUT2D eigenvalue weighted by atomic mass is 10.4. The Morgan fingerprint density at radius 1 is 1.27 bits per heavy atom. The van der Waals surface area contributed by atoms with Gasteiger partial charge in [0, 0.05) is 0 Å². The van der Waals surface area contributed by atoms with Gasteiger partial charge in [0.1, 0.15) is 6.34 Å². The minimum Gasteiger partial charge on any atom is -0.253 e. The van der Waals surface area contributed by atoms with Gasteiger partial charge in [0.2, 0.25) is 0 Å². The third kappa shape index (κ3) is 7.67. The van der Waals surface area contributed by atoms with E-state index in [1.807, 2.05) is 0 Å². The third-order valence-electron chi connectivity index (χ3n) is 0.969. The average molecular weight is 192 g/mol. The van der Waals surface area contributed by atoms with Crippen LogP contribution in [0.4, 0.5) is 0 Å². The smallest absolute Gasteiger partial charge is 0.167 e. The van der Waals surface area contributed by atoms with Gasteiger partial charge in [-0.2, -0.15) is 0 Å². The summed E-state index contributed by atoms with van der Waals surface area (Å²) in [5.74, 6) is 10.5. The molecule has 0 rings (SSSR count). The second kappa shape index (κ2) is 9.41. The summed E-state index contributed by atoms with van der Waals surface area (Å²) in [4.78, 5) is 7.29. The molecular weight excluding hydrogens is 184 g/mol. The quantitative estimate of drug-likeness (QED) is 0.276. The Bertz CT molecular complexity index is 531. The lowest BCUT2D eigenvalue weighted by Crippen LogP contribution is -1.70. The van der Waals surface area contributed by atoms with Gasteiger partial charge in [0.15, 0.2) is 5.70 Å². The molecule has 0 saturated carbocycles.